The number of amides is 1. The summed E-state index contributed by atoms with van der Waals surface area (Å²) in [5, 5.41) is 16.0. The molecule has 6 nitrogen and oxygen atoms in total. The Bertz CT molecular complexity index is 389. The van der Waals surface area contributed by atoms with Crippen LogP contribution in [-0.4, -0.2) is 42.5 Å². The number of hydrogen-bond donors (Lipinski definition) is 2. The van der Waals surface area contributed by atoms with Crippen molar-refractivity contribution < 1.29 is 19.2 Å². The lowest BCUT2D eigenvalue weighted by atomic mass is 10.1. The lowest BCUT2D eigenvalue weighted by Gasteiger charge is -2.10. The zero-order valence-electron chi connectivity index (χ0n) is 11.0. The normalized spacial score (nSPS) is 12.4. The summed E-state index contributed by atoms with van der Waals surface area (Å²) in [4.78, 5) is 11.9. The van der Waals surface area contributed by atoms with E-state index < -0.39 is 6.10 Å². The molecule has 0 aromatic carbocycles. The Morgan fingerprint density at radius 3 is 2.94 bits per heavy atom. The summed E-state index contributed by atoms with van der Waals surface area (Å²) in [6.45, 7) is 4.27. The van der Waals surface area contributed by atoms with Crippen LogP contribution < -0.4 is 5.32 Å². The molecule has 2 N–H and O–H groups in total. The molecule has 1 aromatic rings. The standard InChI is InChI=1S/C12H20N2O4/c1-4-10-11(8(2)18-14-10)12(16)13-6-5-9(15)7-17-3/h9,15H,4-7H2,1-3H3,(H,13,16). The maximum Gasteiger partial charge on any atom is 0.256 e. The number of carbonyl (C=O) groups is 1. The first-order valence-electron chi connectivity index (χ1n) is 6.00. The van der Waals surface area contributed by atoms with Gasteiger partial charge in [0, 0.05) is 13.7 Å². The van der Waals surface area contributed by atoms with Crippen LogP contribution in [0.3, 0.4) is 0 Å². The highest BCUT2D eigenvalue weighted by Gasteiger charge is 2.18. The number of hydrogen-bond acceptors (Lipinski definition) is 5. The Hall–Kier alpha value is -1.40. The van der Waals surface area contributed by atoms with Gasteiger partial charge in [0.2, 0.25) is 0 Å². The SMILES string of the molecule is CCc1noc(C)c1C(=O)NCCC(O)COC. The van der Waals surface area contributed by atoms with E-state index in [1.165, 1.54) is 7.11 Å². The average molecular weight is 256 g/mol. The van der Waals surface area contributed by atoms with E-state index in [0.717, 1.165) is 0 Å². The third kappa shape index (κ3) is 3.82. The molecule has 102 valence electrons. The predicted octanol–water partition coefficient (Wildman–Crippen LogP) is 0.673. The van der Waals surface area contributed by atoms with Gasteiger partial charge in [-0.3, -0.25) is 4.79 Å². The molecule has 0 bridgehead atoms. The zero-order valence-corrected chi connectivity index (χ0v) is 11.0. The van der Waals surface area contributed by atoms with E-state index in [2.05, 4.69) is 10.5 Å². The molecule has 1 heterocycles. The van der Waals surface area contributed by atoms with Crippen molar-refractivity contribution in [1.29, 1.82) is 0 Å². The van der Waals surface area contributed by atoms with Crippen LogP contribution >= 0.6 is 0 Å². The first-order chi connectivity index (χ1) is 8.60. The van der Waals surface area contributed by atoms with E-state index in [1.54, 1.807) is 6.92 Å². The Balaban J connectivity index is 2.48. The van der Waals surface area contributed by atoms with E-state index in [9.17, 15) is 9.90 Å². The van der Waals surface area contributed by atoms with Crippen LogP contribution in [0.5, 0.6) is 0 Å². The van der Waals surface area contributed by atoms with Crippen molar-refractivity contribution in [3.63, 3.8) is 0 Å². The lowest BCUT2D eigenvalue weighted by Crippen LogP contribution is -2.29. The van der Waals surface area contributed by atoms with Gasteiger partial charge in [0.05, 0.1) is 18.4 Å². The van der Waals surface area contributed by atoms with Gasteiger partial charge in [0.15, 0.2) is 0 Å². The molecule has 1 rings (SSSR count). The number of nitrogens with zero attached hydrogens (tertiary/aromatic N) is 1. The molecule has 0 aliphatic rings. The molecule has 1 unspecified atom stereocenters. The van der Waals surface area contributed by atoms with E-state index >= 15 is 0 Å². The third-order valence-electron chi connectivity index (χ3n) is 2.62. The molecule has 0 aliphatic heterocycles. The van der Waals surface area contributed by atoms with Gasteiger partial charge >= 0.3 is 0 Å². The second-order valence-corrected chi connectivity index (χ2v) is 4.07. The van der Waals surface area contributed by atoms with Gasteiger partial charge in [-0.25, -0.2) is 0 Å². The van der Waals surface area contributed by atoms with Gasteiger partial charge in [-0.2, -0.15) is 0 Å². The Kier molecular flexibility index (Phi) is 5.80. The molecule has 0 aliphatic carbocycles. The largest absolute Gasteiger partial charge is 0.391 e. The summed E-state index contributed by atoms with van der Waals surface area (Å²) < 4.78 is 9.79. The van der Waals surface area contributed by atoms with Crippen molar-refractivity contribution in [1.82, 2.24) is 10.5 Å². The second kappa shape index (κ2) is 7.13. The Morgan fingerprint density at radius 2 is 2.33 bits per heavy atom. The number of ether oxygens (including phenoxy) is 1. The smallest absolute Gasteiger partial charge is 0.256 e. The second-order valence-electron chi connectivity index (χ2n) is 4.07. The van der Waals surface area contributed by atoms with Crippen molar-refractivity contribution in [3.05, 3.63) is 17.0 Å². The van der Waals surface area contributed by atoms with Gasteiger partial charge in [-0.05, 0) is 19.8 Å². The minimum Gasteiger partial charge on any atom is -0.391 e. The van der Waals surface area contributed by atoms with E-state index in [4.69, 9.17) is 9.26 Å². The third-order valence-corrected chi connectivity index (χ3v) is 2.62. The molecule has 1 aromatic heterocycles. The highest BCUT2D eigenvalue weighted by molar-refractivity contribution is 5.96. The molecule has 1 atom stereocenters. The summed E-state index contributed by atoms with van der Waals surface area (Å²) in [5.41, 5.74) is 1.15. The molecule has 0 fully saturated rings. The molecule has 0 saturated heterocycles. The highest BCUT2D eigenvalue weighted by Crippen LogP contribution is 2.13. The van der Waals surface area contributed by atoms with Gasteiger partial charge in [-0.15, -0.1) is 0 Å². The van der Waals surface area contributed by atoms with E-state index in [0.29, 0.717) is 36.4 Å². The van der Waals surface area contributed by atoms with Crippen LogP contribution in [0.1, 0.15) is 35.2 Å². The molecule has 18 heavy (non-hydrogen) atoms. The van der Waals surface area contributed by atoms with Crippen molar-refractivity contribution in [3.8, 4) is 0 Å². The summed E-state index contributed by atoms with van der Waals surface area (Å²) >= 11 is 0. The summed E-state index contributed by atoms with van der Waals surface area (Å²) in [6, 6.07) is 0. The first kappa shape index (κ1) is 14.7. The average Bonchev–Trinajstić information content (AvgIpc) is 2.70. The van der Waals surface area contributed by atoms with Gasteiger partial charge in [-0.1, -0.05) is 12.1 Å². The van der Waals surface area contributed by atoms with E-state index in [1.807, 2.05) is 6.92 Å². The van der Waals surface area contributed by atoms with Gasteiger partial charge in [0.1, 0.15) is 11.3 Å². The molecule has 0 saturated carbocycles. The topological polar surface area (TPSA) is 84.6 Å². The highest BCUT2D eigenvalue weighted by atomic mass is 16.5. The van der Waals surface area contributed by atoms with Crippen molar-refractivity contribution >= 4 is 5.91 Å². The van der Waals surface area contributed by atoms with E-state index in [-0.39, 0.29) is 12.5 Å². The van der Waals surface area contributed by atoms with Crippen LogP contribution in [0.25, 0.3) is 0 Å². The summed E-state index contributed by atoms with van der Waals surface area (Å²) in [5.74, 6) is 0.303. The molecular weight excluding hydrogens is 236 g/mol. The fraction of sp³-hybridized carbons (Fsp3) is 0.667. The minimum atomic E-state index is -0.565. The Labute approximate surface area is 106 Å². The molecule has 0 spiro atoms. The number of methoxy groups -OCH3 is 1. The number of aliphatic hydroxyl groups is 1. The van der Waals surface area contributed by atoms with Gasteiger partial charge in [0.25, 0.3) is 5.91 Å². The minimum absolute atomic E-state index is 0.213. The zero-order chi connectivity index (χ0) is 13.5. The fourth-order valence-electron chi connectivity index (χ4n) is 1.67. The quantitative estimate of drug-likeness (QED) is 0.749. The number of aromatic nitrogens is 1. The van der Waals surface area contributed by atoms with Crippen LogP contribution in [0.4, 0.5) is 0 Å². The number of carbonyl (C=O) groups excluding carboxylic acids is 1. The molecular formula is C12H20N2O4. The molecule has 1 amide bonds. The number of aliphatic hydroxyl groups excluding tert-OH is 1. The summed E-state index contributed by atoms with van der Waals surface area (Å²) in [7, 11) is 1.52. The number of aryl methyl sites for hydroxylation is 2. The monoisotopic (exact) mass is 256 g/mol. The Morgan fingerprint density at radius 1 is 1.61 bits per heavy atom. The van der Waals surface area contributed by atoms with Crippen LogP contribution in [0, 0.1) is 6.92 Å². The predicted molar refractivity (Wildman–Crippen MR) is 65.5 cm³/mol. The van der Waals surface area contributed by atoms with Crippen molar-refractivity contribution in [2.45, 2.75) is 32.8 Å². The molecule has 6 heteroatoms. The fourth-order valence-corrected chi connectivity index (χ4v) is 1.67. The number of nitrogens with one attached hydrogen (secondary N) is 1. The van der Waals surface area contributed by atoms with Crippen LogP contribution in [0.15, 0.2) is 4.52 Å². The maximum atomic E-state index is 11.9. The van der Waals surface area contributed by atoms with Crippen LogP contribution in [0.2, 0.25) is 0 Å². The number of rotatable bonds is 7. The lowest BCUT2D eigenvalue weighted by molar-refractivity contribution is 0.0587. The van der Waals surface area contributed by atoms with Crippen LogP contribution in [-0.2, 0) is 11.2 Å². The molecule has 0 radical (unpaired) electrons. The van der Waals surface area contributed by atoms with Crippen molar-refractivity contribution in [2.75, 3.05) is 20.3 Å². The van der Waals surface area contributed by atoms with Gasteiger partial charge < -0.3 is 19.7 Å². The first-order valence-corrected chi connectivity index (χ1v) is 6.00. The summed E-state index contributed by atoms with van der Waals surface area (Å²) in [6.07, 6.45) is 0.530. The maximum absolute atomic E-state index is 11.9. The van der Waals surface area contributed by atoms with Crippen molar-refractivity contribution in [2.24, 2.45) is 0 Å².